The maximum absolute atomic E-state index is 12.6. The Hall–Kier alpha value is -3.44. The van der Waals surface area contributed by atoms with Crippen LogP contribution in [0.15, 0.2) is 77.9 Å². The average molecular weight is 392 g/mol. The van der Waals surface area contributed by atoms with Crippen LogP contribution >= 0.6 is 11.6 Å². The fourth-order valence-corrected chi connectivity index (χ4v) is 2.90. The number of rotatable bonds is 5. The molecule has 3 rings (SSSR count). The van der Waals surface area contributed by atoms with Crippen LogP contribution in [0.1, 0.15) is 31.8 Å². The number of hydrogen-bond acceptors (Lipinski definition) is 3. The highest BCUT2D eigenvalue weighted by atomic mass is 35.5. The van der Waals surface area contributed by atoms with Gasteiger partial charge < -0.3 is 5.32 Å². The Bertz CT molecular complexity index is 1020. The third-order valence-electron chi connectivity index (χ3n) is 4.00. The maximum Gasteiger partial charge on any atom is 0.273 e. The topological polar surface area (TPSA) is 70.6 Å². The van der Waals surface area contributed by atoms with E-state index < -0.39 is 5.91 Å². The second-order valence-corrected chi connectivity index (χ2v) is 6.51. The molecule has 28 heavy (non-hydrogen) atoms. The lowest BCUT2D eigenvalue weighted by Gasteiger charge is -2.14. The van der Waals surface area contributed by atoms with Crippen molar-refractivity contribution in [2.45, 2.75) is 6.92 Å². The number of benzene rings is 3. The van der Waals surface area contributed by atoms with E-state index in [9.17, 15) is 9.59 Å². The molecule has 5 nitrogen and oxygen atoms in total. The number of hydrogen-bond donors (Lipinski definition) is 2. The largest absolute Gasteiger partial charge is 0.321 e. The molecule has 0 saturated carbocycles. The fourth-order valence-electron chi connectivity index (χ4n) is 2.63. The Morgan fingerprint density at radius 3 is 2.25 bits per heavy atom. The number of carbonyl (C=O) groups is 2. The van der Waals surface area contributed by atoms with E-state index in [4.69, 9.17) is 11.6 Å². The van der Waals surface area contributed by atoms with Crippen LogP contribution in [0, 0.1) is 6.92 Å². The van der Waals surface area contributed by atoms with Gasteiger partial charge >= 0.3 is 0 Å². The summed E-state index contributed by atoms with van der Waals surface area (Å²) in [6.45, 7) is 1.77. The first-order valence-electron chi connectivity index (χ1n) is 8.59. The number of anilines is 1. The van der Waals surface area contributed by atoms with Crippen LogP contribution in [0.2, 0.25) is 5.02 Å². The number of hydrazone groups is 1. The van der Waals surface area contributed by atoms with Gasteiger partial charge in [-0.15, -0.1) is 0 Å². The van der Waals surface area contributed by atoms with Crippen molar-refractivity contribution in [3.8, 4) is 0 Å². The van der Waals surface area contributed by atoms with Gasteiger partial charge in [-0.3, -0.25) is 9.59 Å². The Kier molecular flexibility index (Phi) is 6.19. The van der Waals surface area contributed by atoms with Crippen molar-refractivity contribution in [3.05, 3.63) is 100 Å². The van der Waals surface area contributed by atoms with Crippen LogP contribution in [0.3, 0.4) is 0 Å². The molecule has 0 spiro atoms. The molecule has 0 aliphatic carbocycles. The van der Waals surface area contributed by atoms with Gasteiger partial charge in [-0.05, 0) is 42.3 Å². The Labute approximate surface area is 168 Å². The van der Waals surface area contributed by atoms with E-state index in [0.717, 1.165) is 5.56 Å². The van der Waals surface area contributed by atoms with E-state index in [1.54, 1.807) is 37.3 Å². The Morgan fingerprint density at radius 1 is 0.929 bits per heavy atom. The highest BCUT2D eigenvalue weighted by molar-refractivity contribution is 6.31. The minimum absolute atomic E-state index is 0.236. The van der Waals surface area contributed by atoms with Crippen molar-refractivity contribution >= 4 is 35.3 Å². The summed E-state index contributed by atoms with van der Waals surface area (Å²) in [7, 11) is 0. The quantitative estimate of drug-likeness (QED) is 0.490. The van der Waals surface area contributed by atoms with Gasteiger partial charge in [-0.2, -0.15) is 5.10 Å². The first-order chi connectivity index (χ1) is 13.5. The van der Waals surface area contributed by atoms with E-state index in [1.807, 2.05) is 36.4 Å². The van der Waals surface area contributed by atoms with Crippen LogP contribution in [-0.2, 0) is 0 Å². The van der Waals surface area contributed by atoms with Crippen LogP contribution in [-0.4, -0.2) is 18.0 Å². The first-order valence-corrected chi connectivity index (χ1v) is 8.97. The fraction of sp³-hybridized carbons (Fsp3) is 0.0455. The minimum Gasteiger partial charge on any atom is -0.321 e. The van der Waals surface area contributed by atoms with Crippen molar-refractivity contribution in [1.82, 2.24) is 5.43 Å². The van der Waals surface area contributed by atoms with Crippen LogP contribution in [0.4, 0.5) is 5.69 Å². The second-order valence-electron chi connectivity index (χ2n) is 6.08. The van der Waals surface area contributed by atoms with Gasteiger partial charge in [0, 0.05) is 10.6 Å². The molecule has 0 heterocycles. The molecule has 0 unspecified atom stereocenters. The van der Waals surface area contributed by atoms with E-state index in [2.05, 4.69) is 15.8 Å². The number of nitrogens with zero attached hydrogens (tertiary/aromatic N) is 1. The summed E-state index contributed by atoms with van der Waals surface area (Å²) >= 11 is 6.12. The summed E-state index contributed by atoms with van der Waals surface area (Å²) in [5.74, 6) is -0.783. The number of amides is 2. The molecule has 0 atom stereocenters. The molecule has 0 bridgehead atoms. The van der Waals surface area contributed by atoms with Crippen molar-refractivity contribution < 1.29 is 9.59 Å². The monoisotopic (exact) mass is 391 g/mol. The molecule has 0 saturated heterocycles. The maximum atomic E-state index is 12.6. The zero-order valence-electron chi connectivity index (χ0n) is 15.1. The highest BCUT2D eigenvalue weighted by Gasteiger charge is 2.17. The summed E-state index contributed by atoms with van der Waals surface area (Å²) < 4.78 is 0. The molecule has 0 aromatic heterocycles. The molecule has 2 amide bonds. The lowest BCUT2D eigenvalue weighted by molar-refractivity contribution is 0.0956. The predicted molar refractivity (Wildman–Crippen MR) is 112 cm³/mol. The molecule has 0 aliphatic rings. The van der Waals surface area contributed by atoms with Crippen LogP contribution in [0.25, 0.3) is 0 Å². The van der Waals surface area contributed by atoms with Crippen molar-refractivity contribution in [2.24, 2.45) is 5.10 Å². The molecule has 6 heteroatoms. The Morgan fingerprint density at radius 2 is 1.57 bits per heavy atom. The summed E-state index contributed by atoms with van der Waals surface area (Å²) in [5, 5.41) is 7.17. The zero-order valence-corrected chi connectivity index (χ0v) is 15.9. The molecule has 3 aromatic rings. The molecule has 140 valence electrons. The molecule has 2 N–H and O–H groups in total. The molecular formula is C22H18ClN3O2. The van der Waals surface area contributed by atoms with Gasteiger partial charge in [0.25, 0.3) is 11.8 Å². The number of nitrogens with one attached hydrogen (secondary N) is 2. The summed E-state index contributed by atoms with van der Waals surface area (Å²) in [6, 6.07) is 21.3. The lowest BCUT2D eigenvalue weighted by atomic mass is 10.1. The number of aryl methyl sites for hydroxylation is 1. The summed E-state index contributed by atoms with van der Waals surface area (Å²) in [6.07, 6.45) is 1.54. The smallest absolute Gasteiger partial charge is 0.273 e. The first kappa shape index (κ1) is 19.3. The van der Waals surface area contributed by atoms with Gasteiger partial charge in [-0.1, -0.05) is 60.1 Å². The van der Waals surface area contributed by atoms with Crippen molar-refractivity contribution in [2.75, 3.05) is 5.32 Å². The number of halogens is 1. The highest BCUT2D eigenvalue weighted by Crippen LogP contribution is 2.26. The van der Waals surface area contributed by atoms with Gasteiger partial charge in [0.15, 0.2) is 0 Å². The standard InChI is InChI=1S/C22H18ClN3O2/c1-15-12-18(23)13-19(20(15)25-21(27)17-10-6-3-7-11-17)22(28)26-24-14-16-8-4-2-5-9-16/h2-14H,1H3,(H,25,27)(H,26,28)/b24-14+. The predicted octanol–water partition coefficient (Wildman–Crippen LogP) is 4.66. The SMILES string of the molecule is Cc1cc(Cl)cc(C(=O)N/N=C/c2ccccc2)c1NC(=O)c1ccccc1. The van der Waals surface area contributed by atoms with E-state index in [1.165, 1.54) is 12.3 Å². The van der Waals surface area contributed by atoms with E-state index >= 15 is 0 Å². The Balaban J connectivity index is 1.82. The third kappa shape index (κ3) is 4.84. The van der Waals surface area contributed by atoms with Gasteiger partial charge in [0.05, 0.1) is 17.5 Å². The molecule has 0 fully saturated rings. The van der Waals surface area contributed by atoms with Crippen LogP contribution < -0.4 is 10.7 Å². The molecule has 0 aliphatic heterocycles. The molecule has 0 radical (unpaired) electrons. The van der Waals surface area contributed by atoms with E-state index in [0.29, 0.717) is 21.8 Å². The number of carbonyl (C=O) groups excluding carboxylic acids is 2. The van der Waals surface area contributed by atoms with E-state index in [-0.39, 0.29) is 11.5 Å². The van der Waals surface area contributed by atoms with Gasteiger partial charge in [0.1, 0.15) is 0 Å². The zero-order chi connectivity index (χ0) is 19.9. The summed E-state index contributed by atoms with van der Waals surface area (Å²) in [4.78, 5) is 25.2. The molecular weight excluding hydrogens is 374 g/mol. The van der Waals surface area contributed by atoms with Crippen molar-refractivity contribution in [1.29, 1.82) is 0 Å². The van der Waals surface area contributed by atoms with Gasteiger partial charge in [0.2, 0.25) is 0 Å². The third-order valence-corrected chi connectivity index (χ3v) is 4.22. The van der Waals surface area contributed by atoms with Gasteiger partial charge in [-0.25, -0.2) is 5.43 Å². The normalized spacial score (nSPS) is 10.6. The minimum atomic E-state index is -0.471. The second kappa shape index (κ2) is 8.97. The van der Waals surface area contributed by atoms with Crippen LogP contribution in [0.5, 0.6) is 0 Å². The van der Waals surface area contributed by atoms with Crippen molar-refractivity contribution in [3.63, 3.8) is 0 Å². The summed E-state index contributed by atoms with van der Waals surface area (Å²) in [5.41, 5.74) is 5.12. The average Bonchev–Trinajstić information content (AvgIpc) is 2.71. The lowest BCUT2D eigenvalue weighted by Crippen LogP contribution is -2.22. The molecule has 3 aromatic carbocycles.